The molecule has 6 nitrogen and oxygen atoms in total. The SMILES string of the molecule is Cc1ccc(C(C)NS(=O)(=O)c2cc(CO)oc2C)o1. The third-order valence-electron chi connectivity index (χ3n) is 2.89. The van der Waals surface area contributed by atoms with Crippen molar-refractivity contribution in [2.45, 2.75) is 38.3 Å². The van der Waals surface area contributed by atoms with Gasteiger partial charge in [-0.3, -0.25) is 0 Å². The van der Waals surface area contributed by atoms with Gasteiger partial charge in [-0.1, -0.05) is 0 Å². The van der Waals surface area contributed by atoms with Crippen LogP contribution in [0.2, 0.25) is 0 Å². The van der Waals surface area contributed by atoms with Gasteiger partial charge in [-0.2, -0.15) is 0 Å². The minimum Gasteiger partial charge on any atom is -0.465 e. The summed E-state index contributed by atoms with van der Waals surface area (Å²) in [5.41, 5.74) is 0. The molecule has 0 fully saturated rings. The van der Waals surface area contributed by atoms with Gasteiger partial charge in [0.1, 0.15) is 34.5 Å². The van der Waals surface area contributed by atoms with E-state index in [1.165, 1.54) is 13.0 Å². The molecule has 0 saturated heterocycles. The van der Waals surface area contributed by atoms with Crippen molar-refractivity contribution in [2.24, 2.45) is 0 Å². The fourth-order valence-electron chi connectivity index (χ4n) is 1.91. The van der Waals surface area contributed by atoms with E-state index in [9.17, 15) is 8.42 Å². The van der Waals surface area contributed by atoms with Gasteiger partial charge in [0.05, 0.1) is 6.04 Å². The van der Waals surface area contributed by atoms with Crippen LogP contribution in [-0.4, -0.2) is 13.5 Å². The molecule has 2 heterocycles. The molecule has 2 aromatic rings. The highest BCUT2D eigenvalue weighted by Crippen LogP contribution is 2.23. The maximum absolute atomic E-state index is 12.3. The minimum atomic E-state index is -3.73. The van der Waals surface area contributed by atoms with Crippen LogP contribution in [0.1, 0.15) is 36.0 Å². The Bertz CT molecular complexity index is 698. The van der Waals surface area contributed by atoms with Crippen LogP contribution in [0, 0.1) is 13.8 Å². The van der Waals surface area contributed by atoms with Crippen LogP contribution in [0.25, 0.3) is 0 Å². The zero-order valence-electron chi connectivity index (χ0n) is 11.5. The van der Waals surface area contributed by atoms with E-state index in [0.29, 0.717) is 11.5 Å². The number of rotatable bonds is 5. The molecule has 1 atom stereocenters. The molecule has 1 unspecified atom stereocenters. The van der Waals surface area contributed by atoms with Crippen molar-refractivity contribution in [3.63, 3.8) is 0 Å². The second-order valence-electron chi connectivity index (χ2n) is 4.58. The topological polar surface area (TPSA) is 92.7 Å². The molecular weight excluding hydrogens is 282 g/mol. The van der Waals surface area contributed by atoms with Crippen molar-refractivity contribution in [1.82, 2.24) is 4.72 Å². The Morgan fingerprint density at radius 1 is 1.30 bits per heavy atom. The van der Waals surface area contributed by atoms with Crippen LogP contribution in [0.15, 0.2) is 31.9 Å². The summed E-state index contributed by atoms with van der Waals surface area (Å²) < 4.78 is 37.6. The van der Waals surface area contributed by atoms with Gasteiger partial charge in [-0.15, -0.1) is 0 Å². The number of furan rings is 2. The molecule has 0 aromatic carbocycles. The second-order valence-corrected chi connectivity index (χ2v) is 6.27. The highest BCUT2D eigenvalue weighted by atomic mass is 32.2. The molecule has 2 rings (SSSR count). The Kier molecular flexibility index (Phi) is 4.03. The first kappa shape index (κ1) is 14.8. The Hall–Kier alpha value is -1.57. The molecule has 0 aliphatic rings. The number of hydrogen-bond donors (Lipinski definition) is 2. The molecule has 0 bridgehead atoms. The zero-order chi connectivity index (χ0) is 14.9. The summed E-state index contributed by atoms with van der Waals surface area (Å²) in [7, 11) is -3.73. The first-order valence-corrected chi connectivity index (χ1v) is 7.60. The molecule has 0 radical (unpaired) electrons. The lowest BCUT2D eigenvalue weighted by Crippen LogP contribution is -2.26. The first-order valence-electron chi connectivity index (χ1n) is 6.12. The van der Waals surface area contributed by atoms with E-state index in [2.05, 4.69) is 4.72 Å². The summed E-state index contributed by atoms with van der Waals surface area (Å²) in [4.78, 5) is 0.0247. The van der Waals surface area contributed by atoms with Gasteiger partial charge >= 0.3 is 0 Å². The summed E-state index contributed by atoms with van der Waals surface area (Å²) in [5, 5.41) is 8.98. The third-order valence-corrected chi connectivity index (χ3v) is 4.54. The standard InChI is InChI=1S/C13H17NO5S/c1-8-4-5-12(18-8)9(2)14-20(16,17)13-6-11(7-15)19-10(13)3/h4-6,9,14-15H,7H2,1-3H3. The van der Waals surface area contributed by atoms with Crippen molar-refractivity contribution in [3.05, 3.63) is 41.2 Å². The van der Waals surface area contributed by atoms with E-state index >= 15 is 0 Å². The molecule has 2 aromatic heterocycles. The summed E-state index contributed by atoms with van der Waals surface area (Å²) >= 11 is 0. The highest BCUT2D eigenvalue weighted by Gasteiger charge is 2.24. The summed E-state index contributed by atoms with van der Waals surface area (Å²) in [5.74, 6) is 1.71. The van der Waals surface area contributed by atoms with Crippen molar-refractivity contribution < 1.29 is 22.4 Å². The van der Waals surface area contributed by atoms with E-state index in [4.69, 9.17) is 13.9 Å². The summed E-state index contributed by atoms with van der Waals surface area (Å²) in [6.07, 6.45) is 0. The van der Waals surface area contributed by atoms with Crippen LogP contribution in [0.3, 0.4) is 0 Å². The fraction of sp³-hybridized carbons (Fsp3) is 0.385. The van der Waals surface area contributed by atoms with E-state index in [0.717, 1.165) is 0 Å². The van der Waals surface area contributed by atoms with E-state index < -0.39 is 16.1 Å². The smallest absolute Gasteiger partial charge is 0.244 e. The zero-order valence-corrected chi connectivity index (χ0v) is 12.3. The molecular formula is C13H17NO5S. The normalized spacial score (nSPS) is 13.6. The van der Waals surface area contributed by atoms with Crippen LogP contribution < -0.4 is 4.72 Å². The van der Waals surface area contributed by atoms with Crippen LogP contribution in [-0.2, 0) is 16.6 Å². The lowest BCUT2D eigenvalue weighted by molar-refractivity contribution is 0.244. The Morgan fingerprint density at radius 3 is 2.50 bits per heavy atom. The van der Waals surface area contributed by atoms with Gasteiger partial charge in [0.2, 0.25) is 10.0 Å². The van der Waals surface area contributed by atoms with Gasteiger partial charge < -0.3 is 13.9 Å². The van der Waals surface area contributed by atoms with Crippen molar-refractivity contribution in [2.75, 3.05) is 0 Å². The summed E-state index contributed by atoms with van der Waals surface area (Å²) in [6, 6.07) is 4.31. The quantitative estimate of drug-likeness (QED) is 0.881. The van der Waals surface area contributed by atoms with Gasteiger partial charge in [0.25, 0.3) is 0 Å². The van der Waals surface area contributed by atoms with E-state index in [-0.39, 0.29) is 23.0 Å². The average Bonchev–Trinajstić information content (AvgIpc) is 2.95. The van der Waals surface area contributed by atoms with Gasteiger partial charge in [-0.05, 0) is 32.9 Å². The average molecular weight is 299 g/mol. The van der Waals surface area contributed by atoms with E-state index in [1.54, 1.807) is 26.0 Å². The molecule has 0 amide bonds. The van der Waals surface area contributed by atoms with Crippen LogP contribution in [0.4, 0.5) is 0 Å². The molecule has 0 saturated carbocycles. The number of hydrogen-bond acceptors (Lipinski definition) is 5. The largest absolute Gasteiger partial charge is 0.465 e. The van der Waals surface area contributed by atoms with Gasteiger partial charge in [0.15, 0.2) is 0 Å². The van der Waals surface area contributed by atoms with Gasteiger partial charge in [-0.25, -0.2) is 13.1 Å². The monoisotopic (exact) mass is 299 g/mol. The third kappa shape index (κ3) is 2.95. The number of aliphatic hydroxyl groups excluding tert-OH is 1. The lowest BCUT2D eigenvalue weighted by atomic mass is 10.3. The maximum Gasteiger partial charge on any atom is 0.244 e. The van der Waals surface area contributed by atoms with Gasteiger partial charge in [0, 0.05) is 6.07 Å². The van der Waals surface area contributed by atoms with Crippen molar-refractivity contribution >= 4 is 10.0 Å². The fourth-order valence-corrected chi connectivity index (χ4v) is 3.32. The van der Waals surface area contributed by atoms with E-state index in [1.807, 2.05) is 0 Å². The number of nitrogens with one attached hydrogen (secondary N) is 1. The first-order chi connectivity index (χ1) is 9.33. The predicted octanol–water partition coefficient (Wildman–Crippen LogP) is 2.02. The molecule has 0 aliphatic carbocycles. The Labute approximate surface area is 117 Å². The predicted molar refractivity (Wildman–Crippen MR) is 71.5 cm³/mol. The van der Waals surface area contributed by atoms with Crippen LogP contribution >= 0.6 is 0 Å². The Balaban J connectivity index is 2.24. The van der Waals surface area contributed by atoms with Crippen molar-refractivity contribution in [1.29, 1.82) is 0 Å². The highest BCUT2D eigenvalue weighted by molar-refractivity contribution is 7.89. The second kappa shape index (κ2) is 5.43. The Morgan fingerprint density at radius 2 is 2.00 bits per heavy atom. The number of sulfonamides is 1. The van der Waals surface area contributed by atoms with Crippen LogP contribution in [0.5, 0.6) is 0 Å². The molecule has 2 N–H and O–H groups in total. The number of aryl methyl sites for hydroxylation is 2. The molecule has 7 heteroatoms. The molecule has 110 valence electrons. The maximum atomic E-state index is 12.3. The molecule has 20 heavy (non-hydrogen) atoms. The van der Waals surface area contributed by atoms with Crippen molar-refractivity contribution in [3.8, 4) is 0 Å². The minimum absolute atomic E-state index is 0.0247. The lowest BCUT2D eigenvalue weighted by Gasteiger charge is -2.11. The number of aliphatic hydroxyl groups is 1. The molecule has 0 aliphatic heterocycles. The molecule has 0 spiro atoms. The summed E-state index contributed by atoms with van der Waals surface area (Å²) in [6.45, 7) is 4.68.